The van der Waals surface area contributed by atoms with Crippen LogP contribution in [-0.2, 0) is 6.42 Å². The van der Waals surface area contributed by atoms with Crippen LogP contribution in [0, 0.1) is 5.92 Å². The Bertz CT molecular complexity index is 480. The Balaban J connectivity index is 0.00000441. The third-order valence-electron chi connectivity index (χ3n) is 3.54. The predicted octanol–water partition coefficient (Wildman–Crippen LogP) is 3.72. The molecule has 1 aromatic rings. The van der Waals surface area contributed by atoms with Gasteiger partial charge in [-0.2, -0.15) is 0 Å². The van der Waals surface area contributed by atoms with Crippen LogP contribution >= 0.6 is 35.6 Å². The monoisotopic (exact) mass is 439 g/mol. The highest BCUT2D eigenvalue weighted by Gasteiger charge is 2.09. The molecule has 0 aliphatic carbocycles. The van der Waals surface area contributed by atoms with E-state index in [1.54, 1.807) is 14.2 Å². The van der Waals surface area contributed by atoms with Gasteiger partial charge in [0.15, 0.2) is 5.96 Å². The second-order valence-electron chi connectivity index (χ2n) is 5.38. The second kappa shape index (κ2) is 10.9. The fourth-order valence-corrected chi connectivity index (χ4v) is 2.02. The van der Waals surface area contributed by atoms with E-state index in [4.69, 9.17) is 16.3 Å². The molecule has 1 aromatic carbocycles. The molecule has 0 spiro atoms. The molecule has 0 saturated heterocycles. The number of nitrogens with one attached hydrogen (secondary N) is 2. The third-order valence-corrected chi connectivity index (χ3v) is 3.89. The summed E-state index contributed by atoms with van der Waals surface area (Å²) in [6, 6.07) is 6.14. The largest absolute Gasteiger partial charge is 0.497 e. The lowest BCUT2D eigenvalue weighted by molar-refractivity contribution is 0.414. The first-order chi connectivity index (χ1) is 9.97. The molecule has 1 unspecified atom stereocenters. The maximum atomic E-state index is 6.23. The Kier molecular flexibility index (Phi) is 10.6. The summed E-state index contributed by atoms with van der Waals surface area (Å²) in [5.41, 5.74) is 1.09. The number of rotatable bonds is 6. The Morgan fingerprint density at radius 2 is 2.00 bits per heavy atom. The van der Waals surface area contributed by atoms with E-state index >= 15 is 0 Å². The van der Waals surface area contributed by atoms with Gasteiger partial charge in [-0.15, -0.1) is 24.0 Å². The Morgan fingerprint density at radius 3 is 2.50 bits per heavy atom. The van der Waals surface area contributed by atoms with Gasteiger partial charge in [-0.3, -0.25) is 4.99 Å². The molecule has 22 heavy (non-hydrogen) atoms. The molecule has 1 atom stereocenters. The lowest BCUT2D eigenvalue weighted by Crippen LogP contribution is -2.44. The normalized spacial score (nSPS) is 12.6. The third kappa shape index (κ3) is 7.05. The van der Waals surface area contributed by atoms with Crippen molar-refractivity contribution in [2.45, 2.75) is 33.2 Å². The standard InChI is InChI=1S/C16H26ClN3O.HI/c1-11(2)12(3)20-16(18-4)19-9-8-13-6-7-14(21-5)10-15(13)17;/h6-7,10-12H,8-9H2,1-5H3,(H2,18,19,20);1H. The van der Waals surface area contributed by atoms with E-state index in [0.717, 1.165) is 35.3 Å². The van der Waals surface area contributed by atoms with Crippen LogP contribution in [0.1, 0.15) is 26.3 Å². The van der Waals surface area contributed by atoms with Gasteiger partial charge in [0.2, 0.25) is 0 Å². The zero-order chi connectivity index (χ0) is 15.8. The van der Waals surface area contributed by atoms with Gasteiger partial charge >= 0.3 is 0 Å². The highest BCUT2D eigenvalue weighted by atomic mass is 127. The summed E-state index contributed by atoms with van der Waals surface area (Å²) >= 11 is 6.23. The van der Waals surface area contributed by atoms with Crippen molar-refractivity contribution < 1.29 is 4.74 Å². The molecule has 0 saturated carbocycles. The second-order valence-corrected chi connectivity index (χ2v) is 5.79. The van der Waals surface area contributed by atoms with Crippen molar-refractivity contribution in [3.8, 4) is 5.75 Å². The number of hydrogen-bond donors (Lipinski definition) is 2. The molecule has 126 valence electrons. The van der Waals surface area contributed by atoms with Crippen LogP contribution in [0.2, 0.25) is 5.02 Å². The minimum Gasteiger partial charge on any atom is -0.497 e. The van der Waals surface area contributed by atoms with Crippen LogP contribution in [-0.4, -0.2) is 32.7 Å². The highest BCUT2D eigenvalue weighted by Crippen LogP contribution is 2.22. The molecule has 0 radical (unpaired) electrons. The molecule has 4 nitrogen and oxygen atoms in total. The number of benzene rings is 1. The first-order valence-electron chi connectivity index (χ1n) is 7.27. The van der Waals surface area contributed by atoms with E-state index < -0.39 is 0 Å². The summed E-state index contributed by atoms with van der Waals surface area (Å²) in [5, 5.41) is 7.41. The van der Waals surface area contributed by atoms with Gasteiger partial charge in [0, 0.05) is 24.7 Å². The summed E-state index contributed by atoms with van der Waals surface area (Å²) < 4.78 is 5.15. The Labute approximate surface area is 156 Å². The van der Waals surface area contributed by atoms with Crippen LogP contribution < -0.4 is 15.4 Å². The van der Waals surface area contributed by atoms with Crippen molar-refractivity contribution in [3.63, 3.8) is 0 Å². The van der Waals surface area contributed by atoms with Crippen molar-refractivity contribution in [1.82, 2.24) is 10.6 Å². The van der Waals surface area contributed by atoms with Crippen molar-refractivity contribution in [2.24, 2.45) is 10.9 Å². The first-order valence-corrected chi connectivity index (χ1v) is 7.65. The van der Waals surface area contributed by atoms with E-state index in [2.05, 4.69) is 36.4 Å². The van der Waals surface area contributed by atoms with E-state index in [0.29, 0.717) is 12.0 Å². The number of nitrogens with zero attached hydrogens (tertiary/aromatic N) is 1. The topological polar surface area (TPSA) is 45.7 Å². The zero-order valence-electron chi connectivity index (χ0n) is 13.9. The summed E-state index contributed by atoms with van der Waals surface area (Å²) in [4.78, 5) is 4.23. The van der Waals surface area contributed by atoms with Crippen LogP contribution in [0.5, 0.6) is 5.75 Å². The minimum absolute atomic E-state index is 0. The van der Waals surface area contributed by atoms with Gasteiger partial charge in [-0.25, -0.2) is 0 Å². The van der Waals surface area contributed by atoms with Crippen LogP contribution in [0.25, 0.3) is 0 Å². The Morgan fingerprint density at radius 1 is 1.32 bits per heavy atom. The molecule has 1 rings (SSSR count). The van der Waals surface area contributed by atoms with Gasteiger partial charge in [0.25, 0.3) is 0 Å². The van der Waals surface area contributed by atoms with Gasteiger partial charge in [-0.05, 0) is 37.0 Å². The highest BCUT2D eigenvalue weighted by molar-refractivity contribution is 14.0. The quantitative estimate of drug-likeness (QED) is 0.403. The number of hydrogen-bond acceptors (Lipinski definition) is 2. The van der Waals surface area contributed by atoms with Crippen molar-refractivity contribution in [1.29, 1.82) is 0 Å². The molecule has 0 fully saturated rings. The van der Waals surface area contributed by atoms with E-state index in [-0.39, 0.29) is 24.0 Å². The van der Waals surface area contributed by atoms with Crippen molar-refractivity contribution >= 4 is 41.5 Å². The number of methoxy groups -OCH3 is 1. The molecule has 2 N–H and O–H groups in total. The number of guanidine groups is 1. The summed E-state index contributed by atoms with van der Waals surface area (Å²) in [6.07, 6.45) is 0.833. The molecule has 0 aliphatic heterocycles. The van der Waals surface area contributed by atoms with Crippen molar-refractivity contribution in [3.05, 3.63) is 28.8 Å². The average Bonchev–Trinajstić information content (AvgIpc) is 2.47. The van der Waals surface area contributed by atoms with Crippen molar-refractivity contribution in [2.75, 3.05) is 20.7 Å². The van der Waals surface area contributed by atoms with E-state index in [1.165, 1.54) is 0 Å². The number of aliphatic imine (C=N–C) groups is 1. The molecule has 6 heteroatoms. The van der Waals surface area contributed by atoms with Crippen LogP contribution in [0.15, 0.2) is 23.2 Å². The lowest BCUT2D eigenvalue weighted by Gasteiger charge is -2.20. The molecular formula is C16H27ClIN3O. The molecule has 0 aromatic heterocycles. The van der Waals surface area contributed by atoms with Crippen LogP contribution in [0.4, 0.5) is 0 Å². The average molecular weight is 440 g/mol. The lowest BCUT2D eigenvalue weighted by atomic mass is 10.1. The minimum atomic E-state index is 0. The van der Waals surface area contributed by atoms with Crippen LogP contribution in [0.3, 0.4) is 0 Å². The Hall–Kier alpha value is -0.690. The van der Waals surface area contributed by atoms with Gasteiger partial charge in [0.1, 0.15) is 5.75 Å². The van der Waals surface area contributed by atoms with Gasteiger partial charge < -0.3 is 15.4 Å². The fourth-order valence-electron chi connectivity index (χ4n) is 1.75. The van der Waals surface area contributed by atoms with E-state index in [9.17, 15) is 0 Å². The van der Waals surface area contributed by atoms with Gasteiger partial charge in [-0.1, -0.05) is 31.5 Å². The summed E-state index contributed by atoms with van der Waals surface area (Å²) in [5.74, 6) is 2.15. The summed E-state index contributed by atoms with van der Waals surface area (Å²) in [6.45, 7) is 7.29. The van der Waals surface area contributed by atoms with Gasteiger partial charge in [0.05, 0.1) is 7.11 Å². The fraction of sp³-hybridized carbons (Fsp3) is 0.562. The first kappa shape index (κ1) is 21.3. The number of halogens is 2. The molecule has 0 aliphatic rings. The number of ether oxygens (including phenoxy) is 1. The maximum Gasteiger partial charge on any atom is 0.191 e. The summed E-state index contributed by atoms with van der Waals surface area (Å²) in [7, 11) is 3.42. The maximum absolute atomic E-state index is 6.23. The smallest absolute Gasteiger partial charge is 0.191 e. The predicted molar refractivity (Wildman–Crippen MR) is 106 cm³/mol. The zero-order valence-corrected chi connectivity index (χ0v) is 17.0. The SMILES string of the molecule is CN=C(NCCc1ccc(OC)cc1Cl)NC(C)C(C)C.I. The molecule has 0 amide bonds. The molecule has 0 bridgehead atoms. The van der Waals surface area contributed by atoms with E-state index in [1.807, 2.05) is 18.2 Å². The molecule has 0 heterocycles. The molecular weight excluding hydrogens is 413 g/mol.